The highest BCUT2D eigenvalue weighted by Gasteiger charge is 2.41. The Labute approximate surface area is 101 Å². The largest absolute Gasteiger partial charge is 0.515 e. The highest BCUT2D eigenvalue weighted by molar-refractivity contribution is 6.60. The molecule has 0 fully saturated rings. The van der Waals surface area contributed by atoms with Crippen LogP contribution in [0.3, 0.4) is 0 Å². The van der Waals surface area contributed by atoms with Crippen LogP contribution in [0.5, 0.6) is 0 Å². The monoisotopic (exact) mass is 249 g/mol. The van der Waals surface area contributed by atoms with Crippen LogP contribution < -0.4 is 0 Å². The first-order valence-electron chi connectivity index (χ1n) is 6.32. The van der Waals surface area contributed by atoms with Crippen molar-refractivity contribution in [2.45, 2.75) is 34.6 Å². The van der Waals surface area contributed by atoms with E-state index in [4.69, 9.17) is 13.3 Å². The summed E-state index contributed by atoms with van der Waals surface area (Å²) in [7, 11) is -2.47. The third-order valence-corrected chi connectivity index (χ3v) is 5.42. The third kappa shape index (κ3) is 5.40. The first-order chi connectivity index (χ1) is 7.67. The van der Waals surface area contributed by atoms with E-state index in [1.54, 1.807) is 0 Å². The van der Waals surface area contributed by atoms with Crippen LogP contribution in [0.4, 0.5) is 0 Å². The van der Waals surface area contributed by atoms with Crippen LogP contribution in [-0.4, -0.2) is 52.8 Å². The minimum absolute atomic E-state index is 0.646. The Morgan fingerprint density at radius 2 is 1.12 bits per heavy atom. The second-order valence-electron chi connectivity index (χ2n) is 3.44. The maximum absolute atomic E-state index is 5.80. The summed E-state index contributed by atoms with van der Waals surface area (Å²) in [5.41, 5.74) is 0. The molecule has 0 aliphatic carbocycles. The fraction of sp³-hybridized carbons (Fsp3) is 1.00. The normalized spacial score (nSPS) is 12.4. The summed E-state index contributed by atoms with van der Waals surface area (Å²) in [4.78, 5) is 2.30. The SMILES string of the molecule is CCO[Si](CN(CC)CC)(OCC)OCC. The maximum Gasteiger partial charge on any atom is 0.515 e. The summed E-state index contributed by atoms with van der Waals surface area (Å²) in [5.74, 6) is 0. The number of rotatable bonds is 10. The van der Waals surface area contributed by atoms with Gasteiger partial charge in [-0.2, -0.15) is 0 Å². The molecule has 0 radical (unpaired) electrons. The average molecular weight is 249 g/mol. The predicted octanol–water partition coefficient (Wildman–Crippen LogP) is 1.92. The van der Waals surface area contributed by atoms with Gasteiger partial charge in [0.2, 0.25) is 0 Å². The van der Waals surface area contributed by atoms with Crippen molar-refractivity contribution in [2.75, 3.05) is 39.1 Å². The van der Waals surface area contributed by atoms with Crippen molar-refractivity contribution >= 4 is 8.80 Å². The van der Waals surface area contributed by atoms with Gasteiger partial charge in [0.05, 0.1) is 6.17 Å². The number of hydrogen-bond donors (Lipinski definition) is 0. The van der Waals surface area contributed by atoms with E-state index in [2.05, 4.69) is 18.7 Å². The van der Waals surface area contributed by atoms with Crippen molar-refractivity contribution in [1.82, 2.24) is 4.90 Å². The third-order valence-electron chi connectivity index (χ3n) is 2.40. The molecule has 0 aliphatic heterocycles. The summed E-state index contributed by atoms with van der Waals surface area (Å²) in [6, 6.07) is 0. The molecular weight excluding hydrogens is 222 g/mol. The minimum atomic E-state index is -2.47. The van der Waals surface area contributed by atoms with Crippen molar-refractivity contribution in [3.63, 3.8) is 0 Å². The lowest BCUT2D eigenvalue weighted by Crippen LogP contribution is -2.55. The van der Waals surface area contributed by atoms with E-state index in [9.17, 15) is 0 Å². The van der Waals surface area contributed by atoms with Gasteiger partial charge in [0, 0.05) is 19.8 Å². The van der Waals surface area contributed by atoms with Gasteiger partial charge in [-0.15, -0.1) is 0 Å². The summed E-state index contributed by atoms with van der Waals surface area (Å²) >= 11 is 0. The predicted molar refractivity (Wildman–Crippen MR) is 68.4 cm³/mol. The molecule has 0 heterocycles. The minimum Gasteiger partial charge on any atom is -0.373 e. The molecule has 0 aromatic carbocycles. The standard InChI is InChI=1S/C11H27NO3Si/c1-6-12(7-2)11-16(13-8-3,14-9-4)15-10-5/h6-11H2,1-5H3. The van der Waals surface area contributed by atoms with E-state index in [1.165, 1.54) is 0 Å². The lowest BCUT2D eigenvalue weighted by atomic mass is 10.6. The van der Waals surface area contributed by atoms with Crippen LogP contribution in [0.2, 0.25) is 0 Å². The summed E-state index contributed by atoms with van der Waals surface area (Å²) in [6.07, 6.45) is 0.787. The first kappa shape index (κ1) is 16.1. The molecule has 0 N–H and O–H groups in total. The Morgan fingerprint density at radius 1 is 0.750 bits per heavy atom. The van der Waals surface area contributed by atoms with Gasteiger partial charge >= 0.3 is 8.80 Å². The van der Waals surface area contributed by atoms with E-state index in [0.717, 1.165) is 19.3 Å². The average Bonchev–Trinajstić information content (AvgIpc) is 2.27. The smallest absolute Gasteiger partial charge is 0.373 e. The second-order valence-corrected chi connectivity index (χ2v) is 5.99. The fourth-order valence-electron chi connectivity index (χ4n) is 1.64. The lowest BCUT2D eigenvalue weighted by Gasteiger charge is -2.32. The van der Waals surface area contributed by atoms with Gasteiger partial charge in [-0.1, -0.05) is 13.8 Å². The van der Waals surface area contributed by atoms with E-state index < -0.39 is 8.80 Å². The van der Waals surface area contributed by atoms with Crippen LogP contribution in [0.15, 0.2) is 0 Å². The van der Waals surface area contributed by atoms with Crippen molar-refractivity contribution in [1.29, 1.82) is 0 Å². The van der Waals surface area contributed by atoms with Crippen LogP contribution in [0, 0.1) is 0 Å². The number of hydrogen-bond acceptors (Lipinski definition) is 4. The molecule has 0 spiro atoms. The van der Waals surface area contributed by atoms with E-state index in [-0.39, 0.29) is 0 Å². The zero-order valence-electron chi connectivity index (χ0n) is 11.4. The van der Waals surface area contributed by atoms with Gasteiger partial charge < -0.3 is 13.3 Å². The fourth-order valence-corrected chi connectivity index (χ4v) is 4.48. The molecule has 0 saturated carbocycles. The Hall–Kier alpha value is 0.0569. The van der Waals surface area contributed by atoms with E-state index >= 15 is 0 Å². The Bertz CT molecular complexity index is 148. The van der Waals surface area contributed by atoms with Gasteiger partial charge in [0.15, 0.2) is 0 Å². The molecule has 0 bridgehead atoms. The number of nitrogens with zero attached hydrogens (tertiary/aromatic N) is 1. The topological polar surface area (TPSA) is 30.9 Å². The Balaban J connectivity index is 4.56. The summed E-state index contributed by atoms with van der Waals surface area (Å²) < 4.78 is 17.4. The Morgan fingerprint density at radius 3 is 1.38 bits per heavy atom. The van der Waals surface area contributed by atoms with Crippen molar-refractivity contribution < 1.29 is 13.3 Å². The van der Waals surface area contributed by atoms with Crippen molar-refractivity contribution in [3.05, 3.63) is 0 Å². The zero-order chi connectivity index (χ0) is 12.4. The van der Waals surface area contributed by atoms with Gasteiger partial charge in [-0.25, -0.2) is 0 Å². The van der Waals surface area contributed by atoms with Gasteiger partial charge in [0.25, 0.3) is 0 Å². The van der Waals surface area contributed by atoms with Crippen LogP contribution in [-0.2, 0) is 13.3 Å². The second kappa shape index (κ2) is 9.12. The molecule has 98 valence electrons. The molecule has 16 heavy (non-hydrogen) atoms. The van der Waals surface area contributed by atoms with Crippen LogP contribution >= 0.6 is 0 Å². The molecule has 0 atom stereocenters. The van der Waals surface area contributed by atoms with Crippen LogP contribution in [0.1, 0.15) is 34.6 Å². The van der Waals surface area contributed by atoms with Crippen molar-refractivity contribution in [2.24, 2.45) is 0 Å². The summed E-state index contributed by atoms with van der Waals surface area (Å²) in [6.45, 7) is 14.2. The molecule has 0 saturated heterocycles. The maximum atomic E-state index is 5.80. The highest BCUT2D eigenvalue weighted by atomic mass is 28.4. The highest BCUT2D eigenvalue weighted by Crippen LogP contribution is 2.12. The molecule has 5 heteroatoms. The molecule has 4 nitrogen and oxygen atoms in total. The molecule has 0 unspecified atom stereocenters. The molecule has 0 amide bonds. The Kier molecular flexibility index (Phi) is 9.16. The molecule has 0 aliphatic rings. The van der Waals surface area contributed by atoms with Crippen LogP contribution in [0.25, 0.3) is 0 Å². The summed E-state index contributed by atoms with van der Waals surface area (Å²) in [5, 5.41) is 0. The zero-order valence-corrected chi connectivity index (χ0v) is 12.4. The van der Waals surface area contributed by atoms with Gasteiger partial charge in [-0.05, 0) is 33.9 Å². The molecule has 0 rings (SSSR count). The van der Waals surface area contributed by atoms with Gasteiger partial charge in [-0.3, -0.25) is 4.90 Å². The van der Waals surface area contributed by atoms with Gasteiger partial charge in [0.1, 0.15) is 0 Å². The molecule has 0 aromatic rings. The molecular formula is C11H27NO3Si. The molecule has 0 aromatic heterocycles. The first-order valence-corrected chi connectivity index (χ1v) is 8.25. The van der Waals surface area contributed by atoms with Crippen molar-refractivity contribution in [3.8, 4) is 0 Å². The lowest BCUT2D eigenvalue weighted by molar-refractivity contribution is 0.0578. The van der Waals surface area contributed by atoms with E-state index in [1.807, 2.05) is 20.8 Å². The quantitative estimate of drug-likeness (QED) is 0.554. The van der Waals surface area contributed by atoms with E-state index in [0.29, 0.717) is 19.8 Å².